The SMILES string of the molecule is CCCC[As+](CC)(CC)CC.[Br-]. The summed E-state index contributed by atoms with van der Waals surface area (Å²) in [7, 11) is 0. The molecule has 0 amide bonds. The summed E-state index contributed by atoms with van der Waals surface area (Å²) < 4.78 is 0. The second-order valence-electron chi connectivity index (χ2n) is 3.37. The second kappa shape index (κ2) is 8.63. The molecule has 0 aliphatic heterocycles. The molecule has 0 nitrogen and oxygen atoms in total. The van der Waals surface area contributed by atoms with Gasteiger partial charge in [-0.25, -0.2) is 0 Å². The second-order valence-corrected chi connectivity index (χ2v) is 13.9. The third-order valence-electron chi connectivity index (χ3n) is 3.00. The van der Waals surface area contributed by atoms with E-state index in [2.05, 4.69) is 27.7 Å². The van der Waals surface area contributed by atoms with Crippen LogP contribution in [0.4, 0.5) is 0 Å². The van der Waals surface area contributed by atoms with Gasteiger partial charge in [-0.3, -0.25) is 0 Å². The molecule has 0 aromatic heterocycles. The van der Waals surface area contributed by atoms with Crippen LogP contribution in [0.25, 0.3) is 0 Å². The van der Waals surface area contributed by atoms with Crippen LogP contribution in [0.1, 0.15) is 40.5 Å². The van der Waals surface area contributed by atoms with Crippen LogP contribution < -0.4 is 17.0 Å². The maximum Gasteiger partial charge on any atom is -1.00 e. The van der Waals surface area contributed by atoms with Crippen molar-refractivity contribution in [3.05, 3.63) is 0 Å². The van der Waals surface area contributed by atoms with Gasteiger partial charge >= 0.3 is 74.9 Å². The zero-order valence-corrected chi connectivity index (χ0v) is 12.5. The molecule has 0 aliphatic carbocycles. The van der Waals surface area contributed by atoms with E-state index in [4.69, 9.17) is 0 Å². The molecule has 0 bridgehead atoms. The number of halogens is 1. The minimum atomic E-state index is -1.07. The number of rotatable bonds is 6. The van der Waals surface area contributed by atoms with E-state index in [1.807, 2.05) is 0 Å². The molecule has 12 heavy (non-hydrogen) atoms. The molecule has 0 radical (unpaired) electrons. The van der Waals surface area contributed by atoms with E-state index >= 15 is 0 Å². The normalized spacial score (nSPS) is 11.0. The van der Waals surface area contributed by atoms with Gasteiger partial charge in [-0.05, 0) is 0 Å². The van der Waals surface area contributed by atoms with E-state index in [-0.39, 0.29) is 17.0 Å². The van der Waals surface area contributed by atoms with Crippen LogP contribution in [0.2, 0.25) is 20.8 Å². The Morgan fingerprint density at radius 2 is 1.25 bits per heavy atom. The van der Waals surface area contributed by atoms with Crippen LogP contribution in [-0.2, 0) is 0 Å². The molecule has 0 heterocycles. The van der Waals surface area contributed by atoms with Crippen molar-refractivity contribution < 1.29 is 17.0 Å². The van der Waals surface area contributed by atoms with Gasteiger partial charge in [0, 0.05) is 0 Å². The van der Waals surface area contributed by atoms with Crippen molar-refractivity contribution in [2.75, 3.05) is 0 Å². The molecule has 0 unspecified atom stereocenters. The Kier molecular flexibility index (Phi) is 11.2. The summed E-state index contributed by atoms with van der Waals surface area (Å²) in [5, 5.41) is 6.21. The monoisotopic (exact) mass is 298 g/mol. The maximum absolute atomic E-state index is 2.41. The molecule has 0 saturated carbocycles. The molecule has 0 N–H and O–H groups in total. The summed E-state index contributed by atoms with van der Waals surface area (Å²) in [6.07, 6.45) is 2.88. The van der Waals surface area contributed by atoms with Gasteiger partial charge in [-0.15, -0.1) is 0 Å². The predicted molar refractivity (Wildman–Crippen MR) is 56.9 cm³/mol. The Hall–Kier alpha value is 1.04. The van der Waals surface area contributed by atoms with E-state index in [0.717, 1.165) is 0 Å². The summed E-state index contributed by atoms with van der Waals surface area (Å²) in [5.74, 6) is 0. The van der Waals surface area contributed by atoms with E-state index in [0.29, 0.717) is 0 Å². The third kappa shape index (κ3) is 4.92. The van der Waals surface area contributed by atoms with Gasteiger partial charge in [0.1, 0.15) is 0 Å². The number of hydrogen-bond donors (Lipinski definition) is 0. The summed E-state index contributed by atoms with van der Waals surface area (Å²) >= 11 is -1.07. The van der Waals surface area contributed by atoms with Crippen molar-refractivity contribution in [2.24, 2.45) is 0 Å². The standard InChI is InChI=1S/C10H24As.BrH/c1-5-9-10-11(6-2,7-3)8-4;/h5-10H2,1-4H3;1H/q+1;/p-1. The quantitative estimate of drug-likeness (QED) is 0.649. The van der Waals surface area contributed by atoms with Gasteiger partial charge in [-0.1, -0.05) is 0 Å². The molecule has 0 fully saturated rings. The van der Waals surface area contributed by atoms with Gasteiger partial charge in [0.2, 0.25) is 0 Å². The average Bonchev–Trinajstić information content (AvgIpc) is 2.08. The van der Waals surface area contributed by atoms with Crippen molar-refractivity contribution in [2.45, 2.75) is 61.4 Å². The summed E-state index contributed by atoms with van der Waals surface area (Å²) in [4.78, 5) is 0. The average molecular weight is 299 g/mol. The van der Waals surface area contributed by atoms with Crippen molar-refractivity contribution in [3.63, 3.8) is 0 Å². The van der Waals surface area contributed by atoms with Gasteiger partial charge in [0.25, 0.3) is 0 Å². The van der Waals surface area contributed by atoms with Crippen molar-refractivity contribution in [1.82, 2.24) is 0 Å². The molecular formula is C10H24AsBr. The zero-order chi connectivity index (χ0) is 8.74. The first-order valence-corrected chi connectivity index (χ1v) is 10.4. The Labute approximate surface area is 91.7 Å². The van der Waals surface area contributed by atoms with Gasteiger partial charge in [0.15, 0.2) is 0 Å². The van der Waals surface area contributed by atoms with Gasteiger partial charge in [0.05, 0.1) is 0 Å². The Bertz CT molecular complexity index is 81.6. The van der Waals surface area contributed by atoms with Crippen LogP contribution in [0.3, 0.4) is 0 Å². The summed E-state index contributed by atoms with van der Waals surface area (Å²) in [6, 6.07) is 0. The fourth-order valence-electron chi connectivity index (χ4n) is 1.64. The first-order valence-electron chi connectivity index (χ1n) is 5.09. The van der Waals surface area contributed by atoms with Crippen molar-refractivity contribution in [3.8, 4) is 0 Å². The Morgan fingerprint density at radius 3 is 1.50 bits per heavy atom. The van der Waals surface area contributed by atoms with E-state index in [1.54, 1.807) is 5.21 Å². The fourth-order valence-corrected chi connectivity index (χ4v) is 8.51. The molecular weight excluding hydrogens is 275 g/mol. The fraction of sp³-hybridized carbons (Fsp3) is 1.00. The molecule has 0 saturated heterocycles. The molecule has 0 aliphatic rings. The number of unbranched alkanes of at least 4 members (excludes halogenated alkanes) is 1. The third-order valence-corrected chi connectivity index (χ3v) is 14.1. The summed E-state index contributed by atoms with van der Waals surface area (Å²) in [6.45, 7) is 9.55. The molecule has 0 atom stereocenters. The van der Waals surface area contributed by atoms with E-state index in [1.165, 1.54) is 28.5 Å². The minimum absolute atomic E-state index is 0. The van der Waals surface area contributed by atoms with Gasteiger partial charge < -0.3 is 17.0 Å². The topological polar surface area (TPSA) is 0 Å². The molecule has 0 aromatic rings. The van der Waals surface area contributed by atoms with Crippen molar-refractivity contribution in [1.29, 1.82) is 0 Å². The molecule has 0 spiro atoms. The molecule has 0 aromatic carbocycles. The Balaban J connectivity index is 0. The predicted octanol–water partition coefficient (Wildman–Crippen LogP) is 1.30. The van der Waals surface area contributed by atoms with Crippen LogP contribution in [0, 0.1) is 0 Å². The molecule has 0 rings (SSSR count). The first kappa shape index (κ1) is 15.5. The zero-order valence-electron chi connectivity index (χ0n) is 9.07. The smallest absolute Gasteiger partial charge is 1.00 e. The summed E-state index contributed by atoms with van der Waals surface area (Å²) in [5.41, 5.74) is 0. The first-order chi connectivity index (χ1) is 5.24. The maximum atomic E-state index is 2.41. The van der Waals surface area contributed by atoms with E-state index in [9.17, 15) is 0 Å². The van der Waals surface area contributed by atoms with Crippen molar-refractivity contribution >= 4 is 13.6 Å². The van der Waals surface area contributed by atoms with E-state index < -0.39 is 13.6 Å². The molecule has 2 heteroatoms. The van der Waals surface area contributed by atoms with Crippen LogP contribution in [-0.4, -0.2) is 13.6 Å². The largest absolute Gasteiger partial charge is 1.00 e. The Morgan fingerprint density at radius 1 is 0.833 bits per heavy atom. The van der Waals surface area contributed by atoms with Crippen LogP contribution in [0.15, 0.2) is 0 Å². The molecule has 76 valence electrons. The number of hydrogen-bond acceptors (Lipinski definition) is 0. The van der Waals surface area contributed by atoms with Crippen LogP contribution in [0.5, 0.6) is 0 Å². The van der Waals surface area contributed by atoms with Gasteiger partial charge in [-0.2, -0.15) is 0 Å². The van der Waals surface area contributed by atoms with Crippen LogP contribution >= 0.6 is 0 Å². The minimum Gasteiger partial charge on any atom is -1.00 e.